The molecule has 2 aromatic rings. The molecule has 4 nitrogen and oxygen atoms in total. The zero-order valence-corrected chi connectivity index (χ0v) is 15.1. The molecular weight excluding hydrogens is 335 g/mol. The molecule has 1 saturated heterocycles. The molecule has 5 heteroatoms. The Morgan fingerprint density at radius 3 is 2.46 bits per heavy atom. The molecule has 1 fully saturated rings. The van der Waals surface area contributed by atoms with Gasteiger partial charge in [-0.15, -0.1) is 0 Å². The summed E-state index contributed by atoms with van der Waals surface area (Å²) in [5, 5.41) is 0. The molecule has 3 rings (SSSR count). The third-order valence-electron chi connectivity index (χ3n) is 4.85. The molecule has 0 saturated carbocycles. The number of hydrogen-bond acceptors (Lipinski definition) is 4. The number of ketones is 1. The monoisotopic (exact) mass is 358 g/mol. The number of ether oxygens (including phenoxy) is 3. The van der Waals surface area contributed by atoms with Gasteiger partial charge in [0.25, 0.3) is 0 Å². The molecule has 0 spiro atoms. The number of methoxy groups -OCH3 is 1. The highest BCUT2D eigenvalue weighted by atomic mass is 19.1. The Hall–Kier alpha value is -2.24. The third-order valence-corrected chi connectivity index (χ3v) is 4.85. The highest BCUT2D eigenvalue weighted by Crippen LogP contribution is 2.37. The van der Waals surface area contributed by atoms with E-state index in [0.29, 0.717) is 44.0 Å². The molecule has 0 atom stereocenters. The second-order valence-electron chi connectivity index (χ2n) is 6.53. The maximum Gasteiger partial charge on any atom is 0.159 e. The van der Waals surface area contributed by atoms with Crippen molar-refractivity contribution in [3.63, 3.8) is 0 Å². The molecule has 0 bridgehead atoms. The van der Waals surface area contributed by atoms with E-state index >= 15 is 0 Å². The van der Waals surface area contributed by atoms with Gasteiger partial charge in [-0.1, -0.05) is 24.3 Å². The summed E-state index contributed by atoms with van der Waals surface area (Å²) >= 11 is 0. The van der Waals surface area contributed by atoms with Gasteiger partial charge in [0, 0.05) is 44.8 Å². The van der Waals surface area contributed by atoms with Gasteiger partial charge in [0.1, 0.15) is 18.2 Å². The van der Waals surface area contributed by atoms with Crippen LogP contribution in [0.5, 0.6) is 5.75 Å². The van der Waals surface area contributed by atoms with Gasteiger partial charge in [-0.25, -0.2) is 4.39 Å². The molecule has 2 aromatic carbocycles. The molecule has 26 heavy (non-hydrogen) atoms. The zero-order valence-electron chi connectivity index (χ0n) is 15.1. The fourth-order valence-electron chi connectivity index (χ4n) is 3.22. The molecule has 0 aromatic heterocycles. The predicted octanol–water partition coefficient (Wildman–Crippen LogP) is 4.26. The van der Waals surface area contributed by atoms with E-state index in [9.17, 15) is 9.18 Å². The molecule has 0 unspecified atom stereocenters. The fourth-order valence-corrected chi connectivity index (χ4v) is 3.22. The van der Waals surface area contributed by atoms with Crippen molar-refractivity contribution in [3.8, 4) is 5.75 Å². The normalized spacial score (nSPS) is 16.3. The highest BCUT2D eigenvalue weighted by molar-refractivity contribution is 5.93. The van der Waals surface area contributed by atoms with E-state index in [0.717, 1.165) is 11.1 Å². The smallest absolute Gasteiger partial charge is 0.159 e. The van der Waals surface area contributed by atoms with Gasteiger partial charge in [0.05, 0.1) is 5.60 Å². The summed E-state index contributed by atoms with van der Waals surface area (Å²) < 4.78 is 31.1. The van der Waals surface area contributed by atoms with Gasteiger partial charge in [0.2, 0.25) is 0 Å². The molecule has 1 aliphatic rings. The van der Waals surface area contributed by atoms with Crippen molar-refractivity contribution in [3.05, 3.63) is 65.0 Å². The Kier molecular flexibility index (Phi) is 5.69. The predicted molar refractivity (Wildman–Crippen MR) is 95.9 cm³/mol. The average molecular weight is 358 g/mol. The summed E-state index contributed by atoms with van der Waals surface area (Å²) in [5.74, 6) is 0.125. The van der Waals surface area contributed by atoms with Crippen molar-refractivity contribution in [1.29, 1.82) is 0 Å². The molecule has 0 aliphatic carbocycles. The Morgan fingerprint density at radius 1 is 1.15 bits per heavy atom. The van der Waals surface area contributed by atoms with Crippen molar-refractivity contribution in [2.24, 2.45) is 0 Å². The molecule has 138 valence electrons. The summed E-state index contributed by atoms with van der Waals surface area (Å²) in [6, 6.07) is 11.9. The molecule has 0 N–H and O–H groups in total. The lowest BCUT2D eigenvalue weighted by molar-refractivity contribution is -0.0950. The van der Waals surface area contributed by atoms with Crippen LogP contribution in [0, 0.1) is 5.82 Å². The van der Waals surface area contributed by atoms with Gasteiger partial charge in [-0.3, -0.25) is 4.79 Å². The number of Topliss-reactive ketones (excluding diaryl/α,β-unsaturated/α-hetero) is 1. The van der Waals surface area contributed by atoms with Gasteiger partial charge in [0.15, 0.2) is 5.78 Å². The van der Waals surface area contributed by atoms with Crippen LogP contribution in [0.2, 0.25) is 0 Å². The lowest BCUT2D eigenvalue weighted by Gasteiger charge is -2.36. The average Bonchev–Trinajstić information content (AvgIpc) is 2.67. The number of rotatable bonds is 6. The van der Waals surface area contributed by atoms with E-state index in [2.05, 4.69) is 0 Å². The Balaban J connectivity index is 1.76. The minimum atomic E-state index is -0.540. The fraction of sp³-hybridized carbons (Fsp3) is 0.381. The third kappa shape index (κ3) is 4.11. The van der Waals surface area contributed by atoms with Crippen LogP contribution in [0.25, 0.3) is 0 Å². The van der Waals surface area contributed by atoms with Crippen LogP contribution in [0.4, 0.5) is 4.39 Å². The van der Waals surface area contributed by atoms with Crippen molar-refractivity contribution in [2.75, 3.05) is 20.3 Å². The highest BCUT2D eigenvalue weighted by Gasteiger charge is 2.35. The minimum absolute atomic E-state index is 0.0218. The van der Waals surface area contributed by atoms with E-state index in [-0.39, 0.29) is 11.6 Å². The summed E-state index contributed by atoms with van der Waals surface area (Å²) in [6.07, 6.45) is 1.36. The minimum Gasteiger partial charge on any atom is -0.489 e. The lowest BCUT2D eigenvalue weighted by atomic mass is 9.86. The number of benzene rings is 2. The van der Waals surface area contributed by atoms with Gasteiger partial charge in [-0.05, 0) is 30.2 Å². The van der Waals surface area contributed by atoms with Gasteiger partial charge in [-0.2, -0.15) is 0 Å². The van der Waals surface area contributed by atoms with Gasteiger partial charge < -0.3 is 14.2 Å². The molecule has 0 amide bonds. The van der Waals surface area contributed by atoms with Crippen molar-refractivity contribution < 1.29 is 23.4 Å². The second kappa shape index (κ2) is 7.98. The number of carbonyl (C=O) groups excluding carboxylic acids is 1. The van der Waals surface area contributed by atoms with Crippen molar-refractivity contribution in [1.82, 2.24) is 0 Å². The lowest BCUT2D eigenvalue weighted by Crippen LogP contribution is -2.35. The van der Waals surface area contributed by atoms with Gasteiger partial charge >= 0.3 is 0 Å². The van der Waals surface area contributed by atoms with E-state index in [4.69, 9.17) is 14.2 Å². The molecule has 1 aliphatic heterocycles. The van der Waals surface area contributed by atoms with Crippen LogP contribution in [0.3, 0.4) is 0 Å². The van der Waals surface area contributed by atoms with E-state index in [1.54, 1.807) is 19.2 Å². The standard InChI is InChI=1S/C21H23FO4/c1-15(23)17-5-3-16(4-6-17)14-26-20-12-18(11-19(22)13-20)21(24-2)7-9-25-10-8-21/h3-6,11-13H,7-10,14H2,1-2H3. The summed E-state index contributed by atoms with van der Waals surface area (Å²) in [7, 11) is 1.65. The first-order valence-corrected chi connectivity index (χ1v) is 8.69. The topological polar surface area (TPSA) is 44.8 Å². The van der Waals surface area contributed by atoms with Crippen LogP contribution in [-0.2, 0) is 21.7 Å². The van der Waals surface area contributed by atoms with Crippen molar-refractivity contribution >= 4 is 5.78 Å². The zero-order chi connectivity index (χ0) is 18.6. The maximum atomic E-state index is 14.2. The molecule has 0 radical (unpaired) electrons. The number of carbonyl (C=O) groups is 1. The first-order chi connectivity index (χ1) is 12.5. The van der Waals surface area contributed by atoms with Crippen LogP contribution in [0.1, 0.15) is 41.3 Å². The summed E-state index contributed by atoms with van der Waals surface area (Å²) in [4.78, 5) is 11.3. The Bertz CT molecular complexity index is 764. The number of hydrogen-bond donors (Lipinski definition) is 0. The largest absolute Gasteiger partial charge is 0.489 e. The van der Waals surface area contributed by atoms with Crippen LogP contribution in [0.15, 0.2) is 42.5 Å². The Labute approximate surface area is 152 Å². The first kappa shape index (κ1) is 18.5. The Morgan fingerprint density at radius 2 is 1.85 bits per heavy atom. The SMILES string of the molecule is COC1(c2cc(F)cc(OCc3ccc(C(C)=O)cc3)c2)CCOCC1. The first-order valence-electron chi connectivity index (χ1n) is 8.69. The van der Waals surface area contributed by atoms with Crippen LogP contribution < -0.4 is 4.74 Å². The maximum absolute atomic E-state index is 14.2. The number of halogens is 1. The van der Waals surface area contributed by atoms with Crippen LogP contribution in [-0.4, -0.2) is 26.1 Å². The summed E-state index contributed by atoms with van der Waals surface area (Å²) in [6.45, 7) is 3.00. The summed E-state index contributed by atoms with van der Waals surface area (Å²) in [5.41, 5.74) is 1.80. The second-order valence-corrected chi connectivity index (χ2v) is 6.53. The van der Waals surface area contributed by atoms with E-state index in [1.165, 1.54) is 19.1 Å². The molecule has 1 heterocycles. The van der Waals surface area contributed by atoms with Crippen LogP contribution >= 0.6 is 0 Å². The molecular formula is C21H23FO4. The quantitative estimate of drug-likeness (QED) is 0.724. The van der Waals surface area contributed by atoms with E-state index < -0.39 is 5.60 Å². The van der Waals surface area contributed by atoms with Crippen molar-refractivity contribution in [2.45, 2.75) is 32.0 Å². The van der Waals surface area contributed by atoms with E-state index in [1.807, 2.05) is 18.2 Å².